The molecule has 7 nitrogen and oxygen atoms in total. The van der Waals surface area contributed by atoms with Gasteiger partial charge >= 0.3 is 0 Å². The SMILES string of the molecule is Cc1cccc(C(=O)NCCC(=O)Nc2ccc(S(=O)(=O)NC3CCCCC3)cc2)c1. The Kier molecular flexibility index (Phi) is 7.81. The Morgan fingerprint density at radius 1 is 1.00 bits per heavy atom. The standard InChI is InChI=1S/C23H29N3O4S/c1-17-6-5-7-18(16-17)23(28)24-15-14-22(27)25-19-10-12-21(13-11-19)31(29,30)26-20-8-3-2-4-9-20/h5-7,10-13,16,20,26H,2-4,8-9,14-15H2,1H3,(H,24,28)(H,25,27). The lowest BCUT2D eigenvalue weighted by Gasteiger charge is -2.22. The van der Waals surface area contributed by atoms with Crippen LogP contribution < -0.4 is 15.4 Å². The fourth-order valence-corrected chi connectivity index (χ4v) is 4.93. The van der Waals surface area contributed by atoms with Gasteiger partial charge < -0.3 is 10.6 Å². The number of benzene rings is 2. The van der Waals surface area contributed by atoms with Crippen LogP contribution in [0.4, 0.5) is 5.69 Å². The molecule has 0 saturated heterocycles. The van der Waals surface area contributed by atoms with Gasteiger partial charge in [-0.15, -0.1) is 0 Å². The minimum absolute atomic E-state index is 0.00635. The van der Waals surface area contributed by atoms with E-state index in [-0.39, 0.29) is 35.7 Å². The molecular formula is C23H29N3O4S. The van der Waals surface area contributed by atoms with Crippen LogP contribution in [0.15, 0.2) is 53.4 Å². The average molecular weight is 444 g/mol. The fraction of sp³-hybridized carbons (Fsp3) is 0.391. The van der Waals surface area contributed by atoms with Crippen molar-refractivity contribution in [3.63, 3.8) is 0 Å². The third-order valence-electron chi connectivity index (χ3n) is 5.29. The van der Waals surface area contributed by atoms with Crippen LogP contribution in [-0.2, 0) is 14.8 Å². The van der Waals surface area contributed by atoms with Gasteiger partial charge in [0.15, 0.2) is 0 Å². The highest BCUT2D eigenvalue weighted by atomic mass is 32.2. The Bertz CT molecular complexity index is 1010. The Balaban J connectivity index is 1.46. The predicted octanol–water partition coefficient (Wildman–Crippen LogP) is 3.36. The van der Waals surface area contributed by atoms with Gasteiger partial charge in [0.25, 0.3) is 5.91 Å². The van der Waals surface area contributed by atoms with Gasteiger partial charge in [-0.25, -0.2) is 13.1 Å². The van der Waals surface area contributed by atoms with Crippen molar-refractivity contribution in [2.24, 2.45) is 0 Å². The molecule has 3 N–H and O–H groups in total. The van der Waals surface area contributed by atoms with Crippen LogP contribution in [0, 0.1) is 6.92 Å². The molecule has 8 heteroatoms. The first-order chi connectivity index (χ1) is 14.8. The third-order valence-corrected chi connectivity index (χ3v) is 6.83. The Hall–Kier alpha value is -2.71. The molecule has 2 aromatic rings. The minimum Gasteiger partial charge on any atom is -0.352 e. The summed E-state index contributed by atoms with van der Waals surface area (Å²) in [5.41, 5.74) is 2.05. The van der Waals surface area contributed by atoms with Gasteiger partial charge in [-0.05, 0) is 56.2 Å². The summed E-state index contributed by atoms with van der Waals surface area (Å²) < 4.78 is 27.8. The molecule has 3 rings (SSSR count). The van der Waals surface area contributed by atoms with Gasteiger partial charge in [0, 0.05) is 30.3 Å². The first-order valence-corrected chi connectivity index (χ1v) is 12.1. The molecule has 166 valence electrons. The maximum atomic E-state index is 12.5. The van der Waals surface area contributed by atoms with Crippen molar-refractivity contribution in [1.82, 2.24) is 10.0 Å². The van der Waals surface area contributed by atoms with Crippen molar-refractivity contribution < 1.29 is 18.0 Å². The summed E-state index contributed by atoms with van der Waals surface area (Å²) in [7, 11) is -3.57. The smallest absolute Gasteiger partial charge is 0.251 e. The first kappa shape index (κ1) is 23.0. The lowest BCUT2D eigenvalue weighted by atomic mass is 9.96. The Morgan fingerprint density at radius 2 is 1.71 bits per heavy atom. The molecule has 0 atom stereocenters. The predicted molar refractivity (Wildman–Crippen MR) is 120 cm³/mol. The summed E-state index contributed by atoms with van der Waals surface area (Å²) in [6, 6.07) is 13.3. The molecule has 0 aromatic heterocycles. The van der Waals surface area contributed by atoms with Gasteiger partial charge in [0.1, 0.15) is 0 Å². The third kappa shape index (κ3) is 6.90. The number of sulfonamides is 1. The average Bonchev–Trinajstić information content (AvgIpc) is 2.74. The Labute approximate surface area is 183 Å². The summed E-state index contributed by atoms with van der Waals surface area (Å²) >= 11 is 0. The van der Waals surface area contributed by atoms with Gasteiger partial charge in [-0.3, -0.25) is 9.59 Å². The highest BCUT2D eigenvalue weighted by Crippen LogP contribution is 2.21. The lowest BCUT2D eigenvalue weighted by Crippen LogP contribution is -2.36. The number of rotatable bonds is 8. The van der Waals surface area contributed by atoms with E-state index < -0.39 is 10.0 Å². The molecule has 0 radical (unpaired) electrons. The van der Waals surface area contributed by atoms with E-state index >= 15 is 0 Å². The van der Waals surface area contributed by atoms with Crippen molar-refractivity contribution in [2.45, 2.75) is 56.4 Å². The molecule has 0 unspecified atom stereocenters. The molecule has 1 aliphatic carbocycles. The van der Waals surface area contributed by atoms with Gasteiger partial charge in [-0.2, -0.15) is 0 Å². The molecule has 1 saturated carbocycles. The van der Waals surface area contributed by atoms with Crippen LogP contribution in [0.5, 0.6) is 0 Å². The molecule has 1 fully saturated rings. The molecule has 2 aromatic carbocycles. The molecule has 0 aliphatic heterocycles. The van der Waals surface area contributed by atoms with Crippen molar-refractivity contribution in [1.29, 1.82) is 0 Å². The van der Waals surface area contributed by atoms with E-state index in [0.29, 0.717) is 11.3 Å². The van der Waals surface area contributed by atoms with Crippen LogP contribution in [0.2, 0.25) is 0 Å². The van der Waals surface area contributed by atoms with E-state index in [1.54, 1.807) is 24.3 Å². The van der Waals surface area contributed by atoms with Crippen LogP contribution >= 0.6 is 0 Å². The van der Waals surface area contributed by atoms with E-state index in [1.807, 2.05) is 19.1 Å². The summed E-state index contributed by atoms with van der Waals surface area (Å²) in [6.45, 7) is 2.11. The molecule has 0 heterocycles. The van der Waals surface area contributed by atoms with Gasteiger partial charge in [0.2, 0.25) is 15.9 Å². The second-order valence-electron chi connectivity index (χ2n) is 7.90. The Morgan fingerprint density at radius 3 is 2.39 bits per heavy atom. The normalized spacial score (nSPS) is 14.7. The van der Waals surface area contributed by atoms with Crippen LogP contribution in [0.25, 0.3) is 0 Å². The number of hydrogen-bond acceptors (Lipinski definition) is 4. The second-order valence-corrected chi connectivity index (χ2v) is 9.62. The van der Waals surface area contributed by atoms with Crippen molar-refractivity contribution >= 4 is 27.5 Å². The van der Waals surface area contributed by atoms with Crippen LogP contribution in [0.1, 0.15) is 54.4 Å². The zero-order chi connectivity index (χ0) is 22.3. The van der Waals surface area contributed by atoms with Crippen molar-refractivity contribution in [3.8, 4) is 0 Å². The summed E-state index contributed by atoms with van der Waals surface area (Å²) in [5, 5.41) is 5.44. The van der Waals surface area contributed by atoms with Gasteiger partial charge in [0.05, 0.1) is 4.90 Å². The highest BCUT2D eigenvalue weighted by molar-refractivity contribution is 7.89. The zero-order valence-electron chi connectivity index (χ0n) is 17.7. The van der Waals surface area contributed by atoms with Crippen LogP contribution in [0.3, 0.4) is 0 Å². The lowest BCUT2D eigenvalue weighted by molar-refractivity contribution is -0.116. The number of anilines is 1. The second kappa shape index (κ2) is 10.5. The molecule has 2 amide bonds. The molecule has 1 aliphatic rings. The number of hydrogen-bond donors (Lipinski definition) is 3. The number of aryl methyl sites for hydroxylation is 1. The highest BCUT2D eigenvalue weighted by Gasteiger charge is 2.21. The molecular weight excluding hydrogens is 414 g/mol. The quantitative estimate of drug-likeness (QED) is 0.582. The van der Waals surface area contributed by atoms with Crippen molar-refractivity contribution in [2.75, 3.05) is 11.9 Å². The first-order valence-electron chi connectivity index (χ1n) is 10.6. The maximum Gasteiger partial charge on any atom is 0.251 e. The van der Waals surface area contributed by atoms with E-state index in [2.05, 4.69) is 15.4 Å². The van der Waals surface area contributed by atoms with Crippen LogP contribution in [-0.4, -0.2) is 32.8 Å². The monoisotopic (exact) mass is 443 g/mol. The fourth-order valence-electron chi connectivity index (χ4n) is 3.63. The minimum atomic E-state index is -3.57. The summed E-state index contributed by atoms with van der Waals surface area (Å²) in [4.78, 5) is 24.4. The maximum absolute atomic E-state index is 12.5. The topological polar surface area (TPSA) is 104 Å². The number of nitrogens with one attached hydrogen (secondary N) is 3. The summed E-state index contributed by atoms with van der Waals surface area (Å²) in [6.07, 6.45) is 5.10. The number of carbonyl (C=O) groups excluding carboxylic acids is 2. The summed E-state index contributed by atoms with van der Waals surface area (Å²) in [5.74, 6) is -0.489. The van der Waals surface area contributed by atoms with E-state index in [4.69, 9.17) is 0 Å². The van der Waals surface area contributed by atoms with E-state index in [1.165, 1.54) is 12.1 Å². The number of carbonyl (C=O) groups is 2. The zero-order valence-corrected chi connectivity index (χ0v) is 18.5. The van der Waals surface area contributed by atoms with Gasteiger partial charge in [-0.1, -0.05) is 37.0 Å². The number of amides is 2. The van der Waals surface area contributed by atoms with Crippen molar-refractivity contribution in [3.05, 3.63) is 59.7 Å². The largest absolute Gasteiger partial charge is 0.352 e. The van der Waals surface area contributed by atoms with E-state index in [0.717, 1.165) is 37.7 Å². The molecule has 0 spiro atoms. The molecule has 31 heavy (non-hydrogen) atoms. The molecule has 0 bridgehead atoms. The van der Waals surface area contributed by atoms with E-state index in [9.17, 15) is 18.0 Å².